The van der Waals surface area contributed by atoms with Crippen LogP contribution in [0.2, 0.25) is 0 Å². The Morgan fingerprint density at radius 1 is 1.15 bits per heavy atom. The van der Waals surface area contributed by atoms with Crippen LogP contribution in [0.25, 0.3) is 10.4 Å². The van der Waals surface area contributed by atoms with Crippen molar-refractivity contribution in [2.75, 3.05) is 37.0 Å². The van der Waals surface area contributed by atoms with Gasteiger partial charge in [-0.2, -0.15) is 0 Å². The van der Waals surface area contributed by atoms with Crippen molar-refractivity contribution >= 4 is 34.7 Å². The highest BCUT2D eigenvalue weighted by atomic mass is 19.1. The molecule has 0 heterocycles. The number of halogens is 2. The number of nitrogens with zero attached hydrogens (tertiary/aromatic N) is 6. The molecule has 1 aromatic carbocycles. The lowest BCUT2D eigenvalue weighted by Gasteiger charge is -2.24. The largest absolute Gasteiger partial charge is 0.480 e. The summed E-state index contributed by atoms with van der Waals surface area (Å²) in [5, 5.41) is 31.9. The molecule has 0 aromatic heterocycles. The topological polar surface area (TPSA) is 173 Å². The zero-order chi connectivity index (χ0) is 20.2. The molecule has 0 saturated carbocycles. The number of aliphatic carboxylic acids is 2. The minimum Gasteiger partial charge on any atom is -0.480 e. The maximum atomic E-state index is 14.6. The molecule has 0 unspecified atom stereocenters. The Bertz CT molecular complexity index is 776. The van der Waals surface area contributed by atoms with Crippen molar-refractivity contribution < 1.29 is 33.5 Å². The van der Waals surface area contributed by atoms with Crippen LogP contribution >= 0.6 is 0 Å². The van der Waals surface area contributed by atoms with E-state index in [-0.39, 0.29) is 0 Å². The Morgan fingerprint density at radius 3 is 1.81 bits per heavy atom. The fourth-order valence-corrected chi connectivity index (χ4v) is 2.21. The molecule has 2 N–H and O–H groups in total. The number of carbonyl (C=O) groups is 2. The van der Waals surface area contributed by atoms with Crippen LogP contribution < -0.4 is 9.80 Å². The van der Waals surface area contributed by atoms with Crippen LogP contribution in [0, 0.1) is 21.7 Å². The van der Waals surface area contributed by atoms with Gasteiger partial charge in [0, 0.05) is 19.0 Å². The highest BCUT2D eigenvalue weighted by Gasteiger charge is 2.36. The average Bonchev–Trinajstić information content (AvgIpc) is 2.48. The van der Waals surface area contributed by atoms with Crippen molar-refractivity contribution in [1.82, 2.24) is 0 Å². The number of nitro benzene ring substituents is 1. The Hall–Kier alpha value is -3.67. The normalized spacial score (nSPS) is 10.0. The first-order valence-electron chi connectivity index (χ1n) is 6.63. The lowest BCUT2D eigenvalue weighted by atomic mass is 10.1. The van der Waals surface area contributed by atoms with Crippen molar-refractivity contribution in [2.24, 2.45) is 5.11 Å². The molecule has 0 amide bonds. The van der Waals surface area contributed by atoms with E-state index in [4.69, 9.17) is 15.7 Å². The van der Waals surface area contributed by atoms with E-state index in [1.165, 1.54) is 0 Å². The van der Waals surface area contributed by atoms with E-state index in [1.807, 2.05) is 0 Å². The molecule has 140 valence electrons. The van der Waals surface area contributed by atoms with Gasteiger partial charge in [0.2, 0.25) is 0 Å². The van der Waals surface area contributed by atoms with Gasteiger partial charge in [-0.15, -0.1) is 0 Å². The summed E-state index contributed by atoms with van der Waals surface area (Å²) in [7, 11) is 1.97. The fraction of sp³-hybridized carbons (Fsp3) is 0.333. The van der Waals surface area contributed by atoms with Crippen molar-refractivity contribution in [2.45, 2.75) is 0 Å². The van der Waals surface area contributed by atoms with Crippen molar-refractivity contribution in [3.8, 4) is 0 Å². The van der Waals surface area contributed by atoms with Crippen molar-refractivity contribution in [1.29, 1.82) is 0 Å². The number of likely N-dealkylation sites (N-methyl/N-ethyl adjacent to an activating group) is 2. The predicted octanol–water partition coefficient (Wildman–Crippen LogP) is 1.86. The van der Waals surface area contributed by atoms with E-state index in [2.05, 4.69) is 10.0 Å². The van der Waals surface area contributed by atoms with Crippen LogP contribution in [-0.2, 0) is 9.59 Å². The smallest absolute Gasteiger partial charge is 0.323 e. The summed E-state index contributed by atoms with van der Waals surface area (Å²) in [6.45, 7) is -1.80. The standard InChI is InChI=1S/C12H12F2N6O6/c1-18(3-5(21)22)10-7(13)9(16-17-15)8(14)11(12(10)20(25)26)19(2)4-6(23)24/h3-4H2,1-2H3,(H,21,22)(H,23,24). The molecule has 12 nitrogen and oxygen atoms in total. The van der Waals surface area contributed by atoms with Crippen LogP contribution in [-0.4, -0.2) is 54.3 Å². The second-order valence-electron chi connectivity index (χ2n) is 4.97. The quantitative estimate of drug-likeness (QED) is 0.228. The third-order valence-corrected chi connectivity index (χ3v) is 3.12. The Labute approximate surface area is 143 Å². The molecule has 0 aliphatic carbocycles. The van der Waals surface area contributed by atoms with Crippen LogP contribution in [0.5, 0.6) is 0 Å². The minimum atomic E-state index is -1.65. The summed E-state index contributed by atoms with van der Waals surface area (Å²) in [4.78, 5) is 35.3. The molecule has 1 aromatic rings. The van der Waals surface area contributed by atoms with E-state index >= 15 is 0 Å². The maximum Gasteiger partial charge on any atom is 0.323 e. The Balaban J connectivity index is 3.95. The van der Waals surface area contributed by atoms with Gasteiger partial charge < -0.3 is 20.0 Å². The fourth-order valence-electron chi connectivity index (χ4n) is 2.21. The second-order valence-corrected chi connectivity index (χ2v) is 4.97. The SMILES string of the molecule is CN(CC(=O)O)c1c(F)c(N=[N+]=[N-])c(F)c(N(C)CC(=O)O)c1[N+](=O)[O-]. The molecule has 1 rings (SSSR count). The van der Waals surface area contributed by atoms with Crippen LogP contribution in [0.4, 0.5) is 31.5 Å². The Morgan fingerprint density at radius 2 is 1.54 bits per heavy atom. The molecule has 0 fully saturated rings. The van der Waals surface area contributed by atoms with Gasteiger partial charge in [-0.1, -0.05) is 5.11 Å². The number of carboxylic acids is 2. The summed E-state index contributed by atoms with van der Waals surface area (Å²) in [5.74, 6) is -6.25. The van der Waals surface area contributed by atoms with Crippen molar-refractivity contribution in [3.63, 3.8) is 0 Å². The molecular weight excluding hydrogens is 362 g/mol. The summed E-state index contributed by atoms with van der Waals surface area (Å²) >= 11 is 0. The van der Waals surface area contributed by atoms with Crippen molar-refractivity contribution in [3.05, 3.63) is 32.2 Å². The molecule has 0 aliphatic rings. The van der Waals surface area contributed by atoms with E-state index < -0.39 is 64.3 Å². The van der Waals surface area contributed by atoms with Gasteiger partial charge in [0.25, 0.3) is 0 Å². The molecule has 0 radical (unpaired) electrons. The number of hydrogen-bond acceptors (Lipinski definition) is 7. The molecule has 14 heteroatoms. The first-order chi connectivity index (χ1) is 12.0. The summed E-state index contributed by atoms with van der Waals surface area (Å²) in [6.07, 6.45) is 0. The summed E-state index contributed by atoms with van der Waals surface area (Å²) in [5.41, 5.74) is 4.09. The first-order valence-corrected chi connectivity index (χ1v) is 6.63. The number of carboxylic acid groups (broad SMARTS) is 2. The lowest BCUT2D eigenvalue weighted by molar-refractivity contribution is -0.383. The number of benzene rings is 1. The number of hydrogen-bond donors (Lipinski definition) is 2. The second kappa shape index (κ2) is 7.94. The van der Waals surface area contributed by atoms with Gasteiger partial charge in [0.1, 0.15) is 18.8 Å². The highest BCUT2D eigenvalue weighted by molar-refractivity contribution is 5.87. The van der Waals surface area contributed by atoms with E-state index in [0.717, 1.165) is 14.1 Å². The summed E-state index contributed by atoms with van der Waals surface area (Å²) < 4.78 is 29.1. The Kier molecular flexibility index (Phi) is 6.22. The van der Waals surface area contributed by atoms with E-state index in [0.29, 0.717) is 9.80 Å². The molecule has 0 atom stereocenters. The first kappa shape index (κ1) is 20.4. The number of anilines is 2. The van der Waals surface area contributed by atoms with E-state index in [9.17, 15) is 28.5 Å². The van der Waals surface area contributed by atoms with Gasteiger partial charge in [-0.3, -0.25) is 19.7 Å². The average molecular weight is 374 g/mol. The van der Waals surface area contributed by atoms with Gasteiger partial charge >= 0.3 is 17.6 Å². The van der Waals surface area contributed by atoms with Crippen LogP contribution in [0.15, 0.2) is 5.11 Å². The monoisotopic (exact) mass is 374 g/mol. The molecule has 0 aliphatic heterocycles. The molecular formula is C12H12F2N6O6. The third kappa shape index (κ3) is 4.05. The molecule has 0 spiro atoms. The number of azide groups is 1. The predicted molar refractivity (Wildman–Crippen MR) is 83.6 cm³/mol. The van der Waals surface area contributed by atoms with Crippen LogP contribution in [0.1, 0.15) is 0 Å². The highest BCUT2D eigenvalue weighted by Crippen LogP contribution is 2.46. The molecule has 26 heavy (non-hydrogen) atoms. The van der Waals surface area contributed by atoms with E-state index in [1.54, 1.807) is 0 Å². The maximum absolute atomic E-state index is 14.6. The van der Waals surface area contributed by atoms with Gasteiger partial charge in [-0.25, -0.2) is 8.78 Å². The van der Waals surface area contributed by atoms with Gasteiger partial charge in [-0.05, 0) is 5.53 Å². The number of rotatable bonds is 8. The van der Waals surface area contributed by atoms with Gasteiger partial charge in [0.15, 0.2) is 23.0 Å². The number of nitro groups is 1. The summed E-state index contributed by atoms with van der Waals surface area (Å²) in [6, 6.07) is 0. The lowest BCUT2D eigenvalue weighted by Crippen LogP contribution is -2.30. The molecule has 0 saturated heterocycles. The third-order valence-electron chi connectivity index (χ3n) is 3.12. The molecule has 0 bridgehead atoms. The van der Waals surface area contributed by atoms with Crippen LogP contribution in [0.3, 0.4) is 0 Å². The minimum absolute atomic E-state index is 0.601. The zero-order valence-corrected chi connectivity index (χ0v) is 13.4. The zero-order valence-electron chi connectivity index (χ0n) is 13.4. The van der Waals surface area contributed by atoms with Gasteiger partial charge in [0.05, 0.1) is 4.92 Å².